The number of benzene rings is 2. The zero-order valence-corrected chi connectivity index (χ0v) is 16.0. The summed E-state index contributed by atoms with van der Waals surface area (Å²) in [6, 6.07) is 10.9. The van der Waals surface area contributed by atoms with Crippen LogP contribution < -0.4 is 4.74 Å². The molecule has 0 fully saturated rings. The normalized spacial score (nSPS) is 11.2. The van der Waals surface area contributed by atoms with Gasteiger partial charge in [0.15, 0.2) is 0 Å². The molecular formula is C16H9Br2Cl2NO. The van der Waals surface area contributed by atoms with E-state index in [-0.39, 0.29) is 0 Å². The first-order chi connectivity index (χ1) is 10.5. The predicted molar refractivity (Wildman–Crippen MR) is 98.3 cm³/mol. The van der Waals surface area contributed by atoms with E-state index < -0.39 is 0 Å². The van der Waals surface area contributed by atoms with Crippen LogP contribution in [-0.4, -0.2) is 7.11 Å². The Morgan fingerprint density at radius 3 is 2.55 bits per heavy atom. The molecule has 0 N–H and O–H groups in total. The molecular weight excluding hydrogens is 453 g/mol. The minimum atomic E-state index is 0.421. The van der Waals surface area contributed by atoms with Gasteiger partial charge < -0.3 is 4.74 Å². The van der Waals surface area contributed by atoms with Crippen LogP contribution in [0, 0.1) is 11.3 Å². The Balaban J connectivity index is 2.62. The molecule has 0 aliphatic rings. The molecule has 0 radical (unpaired) electrons. The Labute approximate surface area is 155 Å². The van der Waals surface area contributed by atoms with Crippen molar-refractivity contribution in [3.8, 4) is 11.8 Å². The second-order valence-electron chi connectivity index (χ2n) is 4.30. The van der Waals surface area contributed by atoms with E-state index in [2.05, 4.69) is 37.9 Å². The Bertz CT molecular complexity index is 797. The van der Waals surface area contributed by atoms with E-state index in [1.807, 2.05) is 12.1 Å². The van der Waals surface area contributed by atoms with E-state index in [9.17, 15) is 5.26 Å². The maximum atomic E-state index is 9.46. The molecule has 0 spiro atoms. The molecule has 0 amide bonds. The largest absolute Gasteiger partial charge is 0.495 e. The summed E-state index contributed by atoms with van der Waals surface area (Å²) < 4.78 is 7.04. The molecule has 0 unspecified atom stereocenters. The highest BCUT2D eigenvalue weighted by atomic mass is 79.9. The summed E-state index contributed by atoms with van der Waals surface area (Å²) in [4.78, 5) is 0. The standard InChI is InChI=1S/C16H9Br2Cl2NO/c1-22-16-9(5-11(17)6-14(16)18)4-10(8-21)13-3-2-12(19)7-15(13)20/h2-7H,1H3/b10-4+. The molecule has 2 aromatic carbocycles. The fourth-order valence-corrected chi connectivity index (χ4v) is 3.87. The maximum absolute atomic E-state index is 9.46. The number of allylic oxidation sites excluding steroid dienone is 1. The van der Waals surface area contributed by atoms with Crippen LogP contribution in [0.4, 0.5) is 0 Å². The number of nitrogens with zero attached hydrogens (tertiary/aromatic N) is 1. The van der Waals surface area contributed by atoms with Crippen molar-refractivity contribution in [2.24, 2.45) is 0 Å². The molecule has 0 heterocycles. The third-order valence-corrected chi connectivity index (χ3v) is 4.48. The summed E-state index contributed by atoms with van der Waals surface area (Å²) in [7, 11) is 1.58. The van der Waals surface area contributed by atoms with Gasteiger partial charge in [0.2, 0.25) is 0 Å². The van der Waals surface area contributed by atoms with Crippen LogP contribution in [-0.2, 0) is 0 Å². The van der Waals surface area contributed by atoms with Crippen molar-refractivity contribution in [1.82, 2.24) is 0 Å². The molecule has 0 aromatic heterocycles. The van der Waals surface area contributed by atoms with Crippen molar-refractivity contribution in [3.63, 3.8) is 0 Å². The number of hydrogen-bond acceptors (Lipinski definition) is 2. The van der Waals surface area contributed by atoms with Crippen LogP contribution in [0.5, 0.6) is 5.75 Å². The zero-order valence-electron chi connectivity index (χ0n) is 11.3. The average Bonchev–Trinajstić information content (AvgIpc) is 2.45. The molecule has 22 heavy (non-hydrogen) atoms. The lowest BCUT2D eigenvalue weighted by Gasteiger charge is -2.10. The Morgan fingerprint density at radius 1 is 1.23 bits per heavy atom. The summed E-state index contributed by atoms with van der Waals surface area (Å²) in [6.07, 6.45) is 1.73. The molecule has 0 saturated heterocycles. The predicted octanol–water partition coefficient (Wildman–Crippen LogP) is 6.59. The number of nitriles is 1. The van der Waals surface area contributed by atoms with E-state index in [4.69, 9.17) is 27.9 Å². The topological polar surface area (TPSA) is 33.0 Å². The van der Waals surface area contributed by atoms with Crippen LogP contribution in [0.1, 0.15) is 11.1 Å². The van der Waals surface area contributed by atoms with E-state index in [0.717, 1.165) is 14.5 Å². The Kier molecular flexibility index (Phi) is 5.94. The average molecular weight is 462 g/mol. The van der Waals surface area contributed by atoms with Crippen LogP contribution in [0.3, 0.4) is 0 Å². The molecule has 2 aromatic rings. The van der Waals surface area contributed by atoms with Crippen LogP contribution in [0.25, 0.3) is 11.6 Å². The van der Waals surface area contributed by atoms with E-state index in [1.54, 1.807) is 31.4 Å². The van der Waals surface area contributed by atoms with Crippen molar-refractivity contribution in [3.05, 3.63) is 60.4 Å². The van der Waals surface area contributed by atoms with Gasteiger partial charge in [0.25, 0.3) is 0 Å². The molecule has 0 aliphatic heterocycles. The number of hydrogen-bond donors (Lipinski definition) is 0. The number of ether oxygens (including phenoxy) is 1. The lowest BCUT2D eigenvalue weighted by atomic mass is 10.0. The van der Waals surface area contributed by atoms with Gasteiger partial charge in [-0.25, -0.2) is 0 Å². The van der Waals surface area contributed by atoms with Crippen molar-refractivity contribution in [1.29, 1.82) is 5.26 Å². The molecule has 0 atom stereocenters. The molecule has 112 valence electrons. The van der Waals surface area contributed by atoms with Crippen molar-refractivity contribution < 1.29 is 4.74 Å². The first-order valence-electron chi connectivity index (χ1n) is 6.06. The van der Waals surface area contributed by atoms with Crippen LogP contribution >= 0.6 is 55.1 Å². The van der Waals surface area contributed by atoms with Gasteiger partial charge in [-0.15, -0.1) is 0 Å². The minimum absolute atomic E-state index is 0.421. The smallest absolute Gasteiger partial charge is 0.140 e. The Hall–Kier alpha value is -0.990. The molecule has 0 bridgehead atoms. The lowest BCUT2D eigenvalue weighted by molar-refractivity contribution is 0.411. The summed E-state index contributed by atoms with van der Waals surface area (Å²) in [5, 5.41) is 10.4. The molecule has 2 nitrogen and oxygen atoms in total. The minimum Gasteiger partial charge on any atom is -0.495 e. The van der Waals surface area contributed by atoms with Gasteiger partial charge in [-0.3, -0.25) is 0 Å². The third-order valence-electron chi connectivity index (χ3n) is 2.88. The SMILES string of the molecule is COc1c(Br)cc(Br)cc1/C=C(\C#N)c1ccc(Cl)cc1Cl. The fraction of sp³-hybridized carbons (Fsp3) is 0.0625. The van der Waals surface area contributed by atoms with Gasteiger partial charge in [-0.05, 0) is 46.3 Å². The molecule has 0 aliphatic carbocycles. The van der Waals surface area contributed by atoms with Gasteiger partial charge in [0.05, 0.1) is 28.2 Å². The fourth-order valence-electron chi connectivity index (χ4n) is 1.94. The highest BCUT2D eigenvalue weighted by Gasteiger charge is 2.11. The van der Waals surface area contributed by atoms with Gasteiger partial charge in [0, 0.05) is 20.6 Å². The van der Waals surface area contributed by atoms with E-state index in [0.29, 0.717) is 26.9 Å². The summed E-state index contributed by atoms with van der Waals surface area (Å²) in [5.74, 6) is 0.640. The Morgan fingerprint density at radius 2 is 1.95 bits per heavy atom. The van der Waals surface area contributed by atoms with Gasteiger partial charge in [-0.2, -0.15) is 5.26 Å². The highest BCUT2D eigenvalue weighted by molar-refractivity contribution is 9.11. The van der Waals surface area contributed by atoms with Gasteiger partial charge in [0.1, 0.15) is 5.75 Å². The first-order valence-corrected chi connectivity index (χ1v) is 8.40. The molecule has 0 saturated carbocycles. The number of methoxy groups -OCH3 is 1. The first kappa shape index (κ1) is 17.4. The molecule has 2 rings (SSSR count). The monoisotopic (exact) mass is 459 g/mol. The number of rotatable bonds is 3. The third kappa shape index (κ3) is 3.85. The maximum Gasteiger partial charge on any atom is 0.140 e. The van der Waals surface area contributed by atoms with Gasteiger partial charge in [-0.1, -0.05) is 45.2 Å². The second-order valence-corrected chi connectivity index (χ2v) is 6.92. The highest BCUT2D eigenvalue weighted by Crippen LogP contribution is 2.36. The van der Waals surface area contributed by atoms with Crippen molar-refractivity contribution in [2.45, 2.75) is 0 Å². The summed E-state index contributed by atoms with van der Waals surface area (Å²) in [5.41, 5.74) is 1.79. The second kappa shape index (κ2) is 7.52. The van der Waals surface area contributed by atoms with Gasteiger partial charge >= 0.3 is 0 Å². The van der Waals surface area contributed by atoms with E-state index in [1.165, 1.54) is 0 Å². The van der Waals surface area contributed by atoms with Crippen molar-refractivity contribution in [2.75, 3.05) is 7.11 Å². The summed E-state index contributed by atoms with van der Waals surface area (Å²) >= 11 is 18.9. The number of halogens is 4. The van der Waals surface area contributed by atoms with Crippen LogP contribution in [0.2, 0.25) is 10.0 Å². The summed E-state index contributed by atoms with van der Waals surface area (Å²) in [6.45, 7) is 0. The van der Waals surface area contributed by atoms with E-state index >= 15 is 0 Å². The quantitative estimate of drug-likeness (QED) is 0.381. The van der Waals surface area contributed by atoms with Crippen molar-refractivity contribution >= 4 is 66.7 Å². The zero-order chi connectivity index (χ0) is 16.3. The van der Waals surface area contributed by atoms with Crippen LogP contribution in [0.15, 0.2) is 39.3 Å². The molecule has 6 heteroatoms. The lowest BCUT2D eigenvalue weighted by Crippen LogP contribution is -1.91.